The number of nitrogens with zero attached hydrogens (tertiary/aromatic N) is 1. The highest BCUT2D eigenvalue weighted by Crippen LogP contribution is 2.23. The maximum absolute atomic E-state index is 12.0. The van der Waals surface area contributed by atoms with E-state index in [1.54, 1.807) is 18.2 Å². The van der Waals surface area contributed by atoms with Crippen molar-refractivity contribution < 1.29 is 9.21 Å². The molecule has 2 aromatic rings. The molecule has 1 aromatic heterocycles. The highest BCUT2D eigenvalue weighted by atomic mass is 35.5. The van der Waals surface area contributed by atoms with Gasteiger partial charge in [-0.15, -0.1) is 0 Å². The van der Waals surface area contributed by atoms with Gasteiger partial charge in [0.25, 0.3) is 0 Å². The number of amides is 1. The Morgan fingerprint density at radius 2 is 2.14 bits per heavy atom. The molecule has 0 saturated heterocycles. The summed E-state index contributed by atoms with van der Waals surface area (Å²) in [4.78, 5) is 13.9. The summed E-state index contributed by atoms with van der Waals surface area (Å²) in [5.41, 5.74) is 6.74. The van der Waals surface area contributed by atoms with E-state index in [2.05, 4.69) is 5.32 Å². The number of furan rings is 1. The highest BCUT2D eigenvalue weighted by molar-refractivity contribution is 6.33. The minimum Gasteiger partial charge on any atom is -0.465 e. The number of nitrogens with one attached hydrogen (secondary N) is 1. The number of carbonyl (C=O) groups excluding carboxylic acids is 1. The third-order valence-electron chi connectivity index (χ3n) is 2.90. The lowest BCUT2D eigenvalue weighted by molar-refractivity contribution is -0.117. The van der Waals surface area contributed by atoms with Crippen LogP contribution in [0, 0.1) is 6.92 Å². The largest absolute Gasteiger partial charge is 0.465 e. The van der Waals surface area contributed by atoms with E-state index in [0.29, 0.717) is 22.9 Å². The molecule has 112 valence electrons. The van der Waals surface area contributed by atoms with E-state index in [-0.39, 0.29) is 12.5 Å². The quantitative estimate of drug-likeness (QED) is 0.833. The van der Waals surface area contributed by atoms with E-state index in [1.165, 1.54) is 0 Å². The van der Waals surface area contributed by atoms with Crippen LogP contribution in [0.5, 0.6) is 0 Å². The predicted molar refractivity (Wildman–Crippen MR) is 84.3 cm³/mol. The summed E-state index contributed by atoms with van der Waals surface area (Å²) in [6.45, 7) is 2.68. The number of aryl methyl sites for hydroxylation is 1. The molecule has 6 heteroatoms. The maximum atomic E-state index is 12.0. The molecule has 3 N–H and O–H groups in total. The number of anilines is 2. The van der Waals surface area contributed by atoms with Crippen LogP contribution in [-0.4, -0.2) is 24.4 Å². The molecule has 0 spiro atoms. The molecule has 1 heterocycles. The molecule has 0 atom stereocenters. The van der Waals surface area contributed by atoms with Crippen LogP contribution >= 0.6 is 11.6 Å². The number of halogens is 1. The van der Waals surface area contributed by atoms with Gasteiger partial charge < -0.3 is 15.5 Å². The molecule has 0 aliphatic rings. The number of benzene rings is 1. The number of likely N-dealkylation sites (N-methyl/N-ethyl adjacent to an activating group) is 1. The molecule has 0 fully saturated rings. The molecule has 0 radical (unpaired) electrons. The second-order valence-corrected chi connectivity index (χ2v) is 5.38. The van der Waals surface area contributed by atoms with E-state index in [1.807, 2.05) is 31.0 Å². The molecule has 0 bridgehead atoms. The van der Waals surface area contributed by atoms with Crippen molar-refractivity contribution in [3.05, 3.63) is 46.9 Å². The van der Waals surface area contributed by atoms with Crippen molar-refractivity contribution in [1.82, 2.24) is 4.90 Å². The SMILES string of the molecule is Cc1ccc(CN(C)CC(=O)Nc2cc(N)ccc2Cl)o1. The predicted octanol–water partition coefficient (Wildman–Crippen LogP) is 2.89. The lowest BCUT2D eigenvalue weighted by atomic mass is 10.3. The fourth-order valence-electron chi connectivity index (χ4n) is 1.97. The summed E-state index contributed by atoms with van der Waals surface area (Å²) in [6, 6.07) is 8.77. The van der Waals surface area contributed by atoms with Crippen molar-refractivity contribution in [2.24, 2.45) is 0 Å². The average molecular weight is 308 g/mol. The topological polar surface area (TPSA) is 71.5 Å². The van der Waals surface area contributed by atoms with Crippen LogP contribution < -0.4 is 11.1 Å². The van der Waals surface area contributed by atoms with Gasteiger partial charge in [-0.2, -0.15) is 0 Å². The second-order valence-electron chi connectivity index (χ2n) is 4.97. The van der Waals surface area contributed by atoms with Crippen molar-refractivity contribution in [3.8, 4) is 0 Å². The van der Waals surface area contributed by atoms with Crippen molar-refractivity contribution in [1.29, 1.82) is 0 Å². The molecule has 0 aliphatic heterocycles. The van der Waals surface area contributed by atoms with Crippen molar-refractivity contribution in [2.75, 3.05) is 24.6 Å². The minimum atomic E-state index is -0.159. The van der Waals surface area contributed by atoms with Crippen LogP contribution in [0.1, 0.15) is 11.5 Å². The average Bonchev–Trinajstić information content (AvgIpc) is 2.79. The van der Waals surface area contributed by atoms with Crippen LogP contribution in [0.15, 0.2) is 34.7 Å². The van der Waals surface area contributed by atoms with Gasteiger partial charge in [-0.05, 0) is 44.3 Å². The van der Waals surface area contributed by atoms with Crippen LogP contribution in [-0.2, 0) is 11.3 Å². The summed E-state index contributed by atoms with van der Waals surface area (Å²) < 4.78 is 5.48. The lowest BCUT2D eigenvalue weighted by Gasteiger charge is -2.15. The van der Waals surface area contributed by atoms with E-state index in [4.69, 9.17) is 21.8 Å². The van der Waals surface area contributed by atoms with E-state index >= 15 is 0 Å². The van der Waals surface area contributed by atoms with Gasteiger partial charge in [-0.3, -0.25) is 9.69 Å². The van der Waals surface area contributed by atoms with Crippen molar-refractivity contribution in [2.45, 2.75) is 13.5 Å². The third kappa shape index (κ3) is 4.51. The zero-order chi connectivity index (χ0) is 15.4. The summed E-state index contributed by atoms with van der Waals surface area (Å²) in [5.74, 6) is 1.52. The molecule has 2 rings (SSSR count). The Bertz CT molecular complexity index is 640. The molecular formula is C15H18ClN3O2. The second kappa shape index (κ2) is 6.65. The fraction of sp³-hybridized carbons (Fsp3) is 0.267. The number of hydrogen-bond donors (Lipinski definition) is 2. The molecule has 0 saturated carbocycles. The number of hydrogen-bond acceptors (Lipinski definition) is 4. The first-order valence-electron chi connectivity index (χ1n) is 6.53. The molecule has 0 aliphatic carbocycles. The van der Waals surface area contributed by atoms with Gasteiger partial charge in [-0.1, -0.05) is 11.6 Å². The molecule has 5 nitrogen and oxygen atoms in total. The van der Waals surface area contributed by atoms with Crippen LogP contribution in [0.4, 0.5) is 11.4 Å². The highest BCUT2D eigenvalue weighted by Gasteiger charge is 2.11. The molecular weight excluding hydrogens is 290 g/mol. The number of nitrogen functional groups attached to an aromatic ring is 1. The molecule has 1 amide bonds. The normalized spacial score (nSPS) is 10.9. The van der Waals surface area contributed by atoms with Gasteiger partial charge in [0.1, 0.15) is 11.5 Å². The first-order chi connectivity index (χ1) is 9.94. The first-order valence-corrected chi connectivity index (χ1v) is 6.90. The monoisotopic (exact) mass is 307 g/mol. The van der Waals surface area contributed by atoms with Gasteiger partial charge in [-0.25, -0.2) is 0 Å². The van der Waals surface area contributed by atoms with Gasteiger partial charge >= 0.3 is 0 Å². The maximum Gasteiger partial charge on any atom is 0.238 e. The number of rotatable bonds is 5. The summed E-state index contributed by atoms with van der Waals surface area (Å²) in [6.07, 6.45) is 0. The van der Waals surface area contributed by atoms with E-state index < -0.39 is 0 Å². The Balaban J connectivity index is 1.90. The van der Waals surface area contributed by atoms with Crippen LogP contribution in [0.25, 0.3) is 0 Å². The van der Waals surface area contributed by atoms with Crippen molar-refractivity contribution in [3.63, 3.8) is 0 Å². The molecule has 21 heavy (non-hydrogen) atoms. The Hall–Kier alpha value is -1.98. The van der Waals surface area contributed by atoms with E-state index in [9.17, 15) is 4.79 Å². The smallest absolute Gasteiger partial charge is 0.238 e. The van der Waals surface area contributed by atoms with Gasteiger partial charge in [0.15, 0.2) is 0 Å². The Morgan fingerprint density at radius 3 is 2.81 bits per heavy atom. The van der Waals surface area contributed by atoms with Gasteiger partial charge in [0, 0.05) is 5.69 Å². The zero-order valence-corrected chi connectivity index (χ0v) is 12.8. The lowest BCUT2D eigenvalue weighted by Crippen LogP contribution is -2.29. The Labute approximate surface area is 128 Å². The fourth-order valence-corrected chi connectivity index (χ4v) is 2.13. The zero-order valence-electron chi connectivity index (χ0n) is 12.0. The molecule has 0 unspecified atom stereocenters. The van der Waals surface area contributed by atoms with Crippen LogP contribution in [0.2, 0.25) is 5.02 Å². The standard InChI is InChI=1S/C15H18ClN3O2/c1-10-3-5-12(21-10)8-19(2)9-15(20)18-14-7-11(17)4-6-13(14)16/h3-7H,8-9,17H2,1-2H3,(H,18,20). The molecule has 1 aromatic carbocycles. The summed E-state index contributed by atoms with van der Waals surface area (Å²) in [7, 11) is 1.85. The van der Waals surface area contributed by atoms with Crippen molar-refractivity contribution >= 4 is 28.9 Å². The van der Waals surface area contributed by atoms with Crippen LogP contribution in [0.3, 0.4) is 0 Å². The van der Waals surface area contributed by atoms with Gasteiger partial charge in [0.05, 0.1) is 23.8 Å². The number of carbonyl (C=O) groups is 1. The van der Waals surface area contributed by atoms with E-state index in [0.717, 1.165) is 11.5 Å². The summed E-state index contributed by atoms with van der Waals surface area (Å²) in [5, 5.41) is 3.21. The Kier molecular flexibility index (Phi) is 4.88. The third-order valence-corrected chi connectivity index (χ3v) is 3.23. The first kappa shape index (κ1) is 15.4. The number of nitrogens with two attached hydrogens (primary N) is 1. The Morgan fingerprint density at radius 1 is 1.38 bits per heavy atom. The summed E-state index contributed by atoms with van der Waals surface area (Å²) >= 11 is 6.01. The minimum absolute atomic E-state index is 0.159. The van der Waals surface area contributed by atoms with Gasteiger partial charge in [0.2, 0.25) is 5.91 Å².